The molecule has 0 saturated carbocycles. The minimum absolute atomic E-state index is 0. The van der Waals surface area contributed by atoms with Crippen molar-refractivity contribution in [1.82, 2.24) is 9.97 Å². The molecule has 0 aliphatic heterocycles. The van der Waals surface area contributed by atoms with Crippen LogP contribution in [0.2, 0.25) is 19.6 Å². The average Bonchev–Trinajstić information content (AvgIpc) is 3.38. The Hall–Kier alpha value is -3.02. The van der Waals surface area contributed by atoms with Gasteiger partial charge in [0.1, 0.15) is 0 Å². The molecule has 0 aliphatic carbocycles. The molecule has 44 heavy (non-hydrogen) atoms. The SMILES string of the molecule is [2H]C(C)(C)c1ccnc(-c2[c-]ccc3c2sc2ccccc23)c1.[2H]C([2H])([2H])c1c[c-]c(-c2cc(C([2H])(C)C)c([Si](C)(C)C)cn2)c(F)c1.[Ir]. The summed E-state index contributed by atoms with van der Waals surface area (Å²) >= 11 is 1.78. The minimum atomic E-state index is -2.38. The Kier molecular flexibility index (Phi) is 8.66. The maximum atomic E-state index is 14.5. The van der Waals surface area contributed by atoms with Crippen LogP contribution < -0.4 is 5.19 Å². The third-order valence-corrected chi connectivity index (χ3v) is 10.6. The first-order valence-electron chi connectivity index (χ1n) is 16.8. The van der Waals surface area contributed by atoms with Gasteiger partial charge in [0.05, 0.1) is 8.07 Å². The van der Waals surface area contributed by atoms with Crippen molar-refractivity contribution in [3.05, 3.63) is 114 Å². The van der Waals surface area contributed by atoms with Gasteiger partial charge in [-0.15, -0.1) is 47.5 Å². The molecule has 0 amide bonds. The van der Waals surface area contributed by atoms with Crippen molar-refractivity contribution in [2.75, 3.05) is 0 Å². The van der Waals surface area contributed by atoms with Gasteiger partial charge >= 0.3 is 0 Å². The average molecular weight is 800 g/mol. The van der Waals surface area contributed by atoms with E-state index in [-0.39, 0.29) is 31.2 Å². The zero-order chi connectivity index (χ0) is 35.2. The standard InChI is InChI=1S/C20H16NS.C18H23FNSi.Ir/c1-13(2)14-10-11-21-18(12-14)17-8-5-7-16-15-6-3-4-9-19(15)22-20(16)17;1-12(2)15-10-17(20-11-18(15)21(4,5)6)14-8-7-13(3)9-16(14)19;/h3-7,9-13H,1-2H3;7,9-12H,1-6H3;/q2*-1;/i13D;3D3,12D;. The third-order valence-electron chi connectivity index (χ3n) is 7.33. The predicted octanol–water partition coefficient (Wildman–Crippen LogP) is 10.7. The van der Waals surface area contributed by atoms with E-state index < -0.39 is 32.5 Å². The number of aromatic nitrogens is 2. The maximum Gasteiger partial charge on any atom is 0.0799 e. The largest absolute Gasteiger partial charge is 0.305 e. The van der Waals surface area contributed by atoms with Gasteiger partial charge in [0.15, 0.2) is 0 Å². The number of thiophene rings is 1. The number of nitrogens with zero attached hydrogens (tertiary/aromatic N) is 2. The van der Waals surface area contributed by atoms with Crippen LogP contribution in [0.15, 0.2) is 79.1 Å². The second kappa shape index (κ2) is 14.0. The van der Waals surface area contributed by atoms with Gasteiger partial charge in [0.2, 0.25) is 0 Å². The van der Waals surface area contributed by atoms with E-state index >= 15 is 0 Å². The van der Waals surface area contributed by atoms with Crippen molar-refractivity contribution in [3.8, 4) is 22.5 Å². The molecule has 229 valence electrons. The second-order valence-corrected chi connectivity index (χ2v) is 18.2. The van der Waals surface area contributed by atoms with Crippen LogP contribution in [-0.2, 0) is 20.1 Å². The fraction of sp³-hybridized carbons (Fsp3) is 0.263. The number of benzene rings is 3. The zero-order valence-electron chi connectivity index (χ0n) is 31.0. The second-order valence-electron chi connectivity index (χ2n) is 12.1. The summed E-state index contributed by atoms with van der Waals surface area (Å²) in [6.45, 7) is 11.6. The van der Waals surface area contributed by atoms with E-state index in [1.54, 1.807) is 43.6 Å². The predicted molar refractivity (Wildman–Crippen MR) is 186 cm³/mol. The molecule has 1 radical (unpaired) electrons. The van der Waals surface area contributed by atoms with Crippen LogP contribution in [0.3, 0.4) is 0 Å². The fourth-order valence-electron chi connectivity index (χ4n) is 5.03. The molecule has 0 aliphatic rings. The smallest absolute Gasteiger partial charge is 0.0799 e. The number of hydrogen-bond acceptors (Lipinski definition) is 3. The van der Waals surface area contributed by atoms with Crippen molar-refractivity contribution in [2.24, 2.45) is 0 Å². The van der Waals surface area contributed by atoms with Crippen molar-refractivity contribution in [3.63, 3.8) is 0 Å². The molecule has 6 heteroatoms. The Bertz CT molecular complexity index is 2110. The molecule has 0 atom stereocenters. The van der Waals surface area contributed by atoms with Gasteiger partial charge in [-0.2, -0.15) is 11.3 Å². The summed E-state index contributed by atoms with van der Waals surface area (Å²) in [5.41, 5.74) is 4.11. The molecule has 6 rings (SSSR count). The molecule has 0 fully saturated rings. The van der Waals surface area contributed by atoms with Gasteiger partial charge in [0, 0.05) is 49.9 Å². The quantitative estimate of drug-likeness (QED) is 0.128. The molecule has 0 N–H and O–H groups in total. The van der Waals surface area contributed by atoms with E-state index in [1.807, 2.05) is 32.0 Å². The van der Waals surface area contributed by atoms with E-state index in [2.05, 4.69) is 72.1 Å². The van der Waals surface area contributed by atoms with Gasteiger partial charge < -0.3 is 9.97 Å². The Labute approximate surface area is 287 Å². The van der Waals surface area contributed by atoms with Crippen LogP contribution in [0.5, 0.6) is 0 Å². The van der Waals surface area contributed by atoms with E-state index in [9.17, 15) is 4.39 Å². The Balaban J connectivity index is 0.000000217. The molecule has 0 unspecified atom stereocenters. The van der Waals surface area contributed by atoms with Crippen LogP contribution in [-0.4, -0.2) is 18.0 Å². The van der Waals surface area contributed by atoms with Crippen LogP contribution in [0, 0.1) is 24.8 Å². The van der Waals surface area contributed by atoms with Gasteiger partial charge in [-0.3, -0.25) is 4.39 Å². The number of aryl methyl sites for hydroxylation is 1. The summed E-state index contributed by atoms with van der Waals surface area (Å²) < 4.78 is 55.7. The number of fused-ring (bicyclic) bond motifs is 3. The van der Waals surface area contributed by atoms with Gasteiger partial charge in [-0.1, -0.05) is 107 Å². The van der Waals surface area contributed by atoms with Crippen LogP contribution in [0.4, 0.5) is 4.39 Å². The molecule has 3 aromatic carbocycles. The van der Waals surface area contributed by atoms with E-state index in [4.69, 9.17) is 6.85 Å². The van der Waals surface area contributed by atoms with Gasteiger partial charge in [-0.25, -0.2) is 0 Å². The molecule has 6 aromatic rings. The molecular weight excluding hydrogens is 756 g/mol. The zero-order valence-corrected chi connectivity index (χ0v) is 30.2. The van der Waals surface area contributed by atoms with Crippen LogP contribution >= 0.6 is 11.3 Å². The Morgan fingerprint density at radius 2 is 1.64 bits per heavy atom. The first-order chi connectivity index (χ1) is 22.2. The van der Waals surface area contributed by atoms with E-state index in [1.165, 1.54) is 26.2 Å². The summed E-state index contributed by atoms with van der Waals surface area (Å²) in [4.78, 5) is 8.92. The van der Waals surface area contributed by atoms with Crippen molar-refractivity contribution in [2.45, 2.75) is 66.0 Å². The monoisotopic (exact) mass is 800 g/mol. The van der Waals surface area contributed by atoms with Crippen molar-refractivity contribution < 1.29 is 31.3 Å². The summed E-state index contributed by atoms with van der Waals surface area (Å²) in [6, 6.07) is 26.6. The fourth-order valence-corrected chi connectivity index (χ4v) is 7.82. The summed E-state index contributed by atoms with van der Waals surface area (Å²) in [5, 5.41) is 3.59. The third kappa shape index (κ3) is 7.26. The normalized spacial score (nSPS) is 14.0. The summed E-state index contributed by atoms with van der Waals surface area (Å²) in [6.07, 6.45) is 3.53. The summed E-state index contributed by atoms with van der Waals surface area (Å²) in [7, 11) is -1.72. The topological polar surface area (TPSA) is 25.8 Å². The number of rotatable bonds is 5. The molecule has 3 aromatic heterocycles. The van der Waals surface area contributed by atoms with Gasteiger partial charge in [0.25, 0.3) is 0 Å². The molecule has 0 bridgehead atoms. The van der Waals surface area contributed by atoms with Crippen molar-refractivity contribution in [1.29, 1.82) is 0 Å². The van der Waals surface area contributed by atoms with Crippen molar-refractivity contribution >= 4 is 44.8 Å². The first kappa shape index (κ1) is 27.3. The van der Waals surface area contributed by atoms with Crippen LogP contribution in [0.1, 0.15) is 63.0 Å². The molecular formula is C38H39FIrN2SSi-2. The molecule has 0 spiro atoms. The number of hydrogen-bond donors (Lipinski definition) is 0. The number of halogens is 1. The molecule has 0 saturated heterocycles. The minimum Gasteiger partial charge on any atom is -0.305 e. The maximum absolute atomic E-state index is 14.5. The number of pyridine rings is 2. The summed E-state index contributed by atoms with van der Waals surface area (Å²) in [5.74, 6) is -2.15. The molecule has 3 heterocycles. The first-order valence-corrected chi connectivity index (χ1v) is 18.6. The Morgan fingerprint density at radius 1 is 0.886 bits per heavy atom. The van der Waals surface area contributed by atoms with E-state index in [0.717, 1.165) is 33.6 Å². The Morgan fingerprint density at radius 3 is 2.32 bits per heavy atom. The van der Waals surface area contributed by atoms with Gasteiger partial charge in [-0.05, 0) is 50.6 Å². The molecule has 2 nitrogen and oxygen atoms in total. The van der Waals surface area contributed by atoms with Crippen LogP contribution in [0.25, 0.3) is 42.7 Å². The van der Waals surface area contributed by atoms with E-state index in [0.29, 0.717) is 5.69 Å².